The molecule has 0 aliphatic heterocycles. The van der Waals surface area contributed by atoms with Crippen LogP contribution in [0.2, 0.25) is 0 Å². The Hall–Kier alpha value is -2.03. The van der Waals surface area contributed by atoms with E-state index in [0.717, 1.165) is 12.8 Å². The van der Waals surface area contributed by atoms with Gasteiger partial charge in [-0.05, 0) is 30.5 Å². The Morgan fingerprint density at radius 1 is 1.06 bits per heavy atom. The molecule has 1 heterocycles. The maximum atomic E-state index is 5.73. The van der Waals surface area contributed by atoms with Gasteiger partial charge in [-0.15, -0.1) is 0 Å². The fourth-order valence-electron chi connectivity index (χ4n) is 1.61. The predicted molar refractivity (Wildman–Crippen MR) is 68.9 cm³/mol. The van der Waals surface area contributed by atoms with E-state index in [2.05, 4.69) is 17.1 Å². The molecule has 1 aromatic carbocycles. The number of nitrogens with zero attached hydrogens (tertiary/aromatic N) is 1. The summed E-state index contributed by atoms with van der Waals surface area (Å²) in [7, 11) is 0. The second-order valence-electron chi connectivity index (χ2n) is 3.84. The van der Waals surface area contributed by atoms with E-state index in [0.29, 0.717) is 18.2 Å². The largest absolute Gasteiger partial charge is 0.476 e. The van der Waals surface area contributed by atoms with Crippen molar-refractivity contribution in [2.75, 3.05) is 12.3 Å². The SMILES string of the molecule is Nc1cccnc1OCCCc1ccccc1. The topological polar surface area (TPSA) is 48.1 Å². The summed E-state index contributed by atoms with van der Waals surface area (Å²) in [5, 5.41) is 0. The van der Waals surface area contributed by atoms with Crippen molar-refractivity contribution in [1.29, 1.82) is 0 Å². The minimum atomic E-state index is 0.528. The first-order valence-corrected chi connectivity index (χ1v) is 5.73. The number of pyridine rings is 1. The van der Waals surface area contributed by atoms with E-state index in [1.165, 1.54) is 5.56 Å². The van der Waals surface area contributed by atoms with Crippen LogP contribution in [-0.2, 0) is 6.42 Å². The van der Waals surface area contributed by atoms with Gasteiger partial charge in [0, 0.05) is 6.20 Å². The van der Waals surface area contributed by atoms with Crippen LogP contribution in [0, 0.1) is 0 Å². The Morgan fingerprint density at radius 2 is 1.88 bits per heavy atom. The Kier molecular flexibility index (Phi) is 3.97. The molecule has 0 aliphatic rings. The minimum absolute atomic E-state index is 0.528. The molecule has 3 nitrogen and oxygen atoms in total. The van der Waals surface area contributed by atoms with Crippen molar-refractivity contribution < 1.29 is 4.74 Å². The molecular weight excluding hydrogens is 212 g/mol. The minimum Gasteiger partial charge on any atom is -0.476 e. The van der Waals surface area contributed by atoms with E-state index in [4.69, 9.17) is 10.5 Å². The summed E-state index contributed by atoms with van der Waals surface area (Å²) in [6.07, 6.45) is 3.65. The Bertz CT molecular complexity index is 457. The lowest BCUT2D eigenvalue weighted by atomic mass is 10.1. The van der Waals surface area contributed by atoms with Crippen LogP contribution in [0.15, 0.2) is 48.7 Å². The molecule has 0 fully saturated rings. The van der Waals surface area contributed by atoms with Crippen molar-refractivity contribution >= 4 is 5.69 Å². The first-order chi connectivity index (χ1) is 8.36. The molecule has 0 unspecified atom stereocenters. The van der Waals surface area contributed by atoms with Crippen LogP contribution in [0.3, 0.4) is 0 Å². The van der Waals surface area contributed by atoms with Crippen LogP contribution in [0.1, 0.15) is 12.0 Å². The van der Waals surface area contributed by atoms with Gasteiger partial charge in [-0.1, -0.05) is 30.3 Å². The quantitative estimate of drug-likeness (QED) is 0.800. The van der Waals surface area contributed by atoms with Gasteiger partial charge in [0.2, 0.25) is 5.88 Å². The van der Waals surface area contributed by atoms with Crippen molar-refractivity contribution in [1.82, 2.24) is 4.98 Å². The molecule has 0 spiro atoms. The lowest BCUT2D eigenvalue weighted by Crippen LogP contribution is -2.03. The van der Waals surface area contributed by atoms with Gasteiger partial charge in [0.1, 0.15) is 0 Å². The molecule has 0 saturated heterocycles. The van der Waals surface area contributed by atoms with E-state index in [-0.39, 0.29) is 0 Å². The fraction of sp³-hybridized carbons (Fsp3) is 0.214. The molecule has 2 N–H and O–H groups in total. The molecule has 88 valence electrons. The molecule has 2 rings (SSSR count). The van der Waals surface area contributed by atoms with Crippen molar-refractivity contribution in [3.63, 3.8) is 0 Å². The highest BCUT2D eigenvalue weighted by Crippen LogP contribution is 2.16. The van der Waals surface area contributed by atoms with Crippen LogP contribution in [0.4, 0.5) is 5.69 Å². The van der Waals surface area contributed by atoms with Gasteiger partial charge >= 0.3 is 0 Å². The van der Waals surface area contributed by atoms with Crippen LogP contribution in [0.25, 0.3) is 0 Å². The molecule has 2 aromatic rings. The summed E-state index contributed by atoms with van der Waals surface area (Å²) < 4.78 is 5.52. The summed E-state index contributed by atoms with van der Waals surface area (Å²) in [4.78, 5) is 4.08. The highest BCUT2D eigenvalue weighted by molar-refractivity contribution is 5.46. The third kappa shape index (κ3) is 3.48. The van der Waals surface area contributed by atoms with Gasteiger partial charge in [-0.25, -0.2) is 4.98 Å². The molecule has 0 amide bonds. The third-order valence-electron chi connectivity index (χ3n) is 2.49. The van der Waals surface area contributed by atoms with E-state index in [1.54, 1.807) is 18.3 Å². The third-order valence-corrected chi connectivity index (χ3v) is 2.49. The highest BCUT2D eigenvalue weighted by Gasteiger charge is 1.99. The van der Waals surface area contributed by atoms with E-state index >= 15 is 0 Å². The van der Waals surface area contributed by atoms with Crippen molar-refractivity contribution in [2.45, 2.75) is 12.8 Å². The second-order valence-corrected chi connectivity index (χ2v) is 3.84. The number of hydrogen-bond donors (Lipinski definition) is 1. The summed E-state index contributed by atoms with van der Waals surface area (Å²) >= 11 is 0. The number of ether oxygens (including phenoxy) is 1. The molecule has 0 saturated carbocycles. The normalized spacial score (nSPS) is 10.1. The van der Waals surface area contributed by atoms with E-state index in [1.807, 2.05) is 18.2 Å². The molecule has 0 bridgehead atoms. The Morgan fingerprint density at radius 3 is 2.65 bits per heavy atom. The molecule has 0 aliphatic carbocycles. The maximum Gasteiger partial charge on any atom is 0.237 e. The Balaban J connectivity index is 1.76. The molecular formula is C14H16N2O. The lowest BCUT2D eigenvalue weighted by Gasteiger charge is -2.07. The standard InChI is InChI=1S/C14H16N2O/c15-13-9-4-10-16-14(13)17-11-5-8-12-6-2-1-3-7-12/h1-4,6-7,9-10H,5,8,11,15H2. The zero-order chi connectivity index (χ0) is 11.9. The zero-order valence-corrected chi connectivity index (χ0v) is 9.67. The molecule has 17 heavy (non-hydrogen) atoms. The molecule has 1 aromatic heterocycles. The van der Waals surface area contributed by atoms with Crippen molar-refractivity contribution in [2.24, 2.45) is 0 Å². The lowest BCUT2D eigenvalue weighted by molar-refractivity contribution is 0.301. The first kappa shape index (κ1) is 11.5. The number of benzene rings is 1. The number of aromatic nitrogens is 1. The second kappa shape index (κ2) is 5.89. The van der Waals surface area contributed by atoms with E-state index in [9.17, 15) is 0 Å². The number of hydrogen-bond acceptors (Lipinski definition) is 3. The average molecular weight is 228 g/mol. The first-order valence-electron chi connectivity index (χ1n) is 5.73. The summed E-state index contributed by atoms with van der Waals surface area (Å²) in [5.74, 6) is 0.528. The van der Waals surface area contributed by atoms with Crippen molar-refractivity contribution in [3.05, 3.63) is 54.2 Å². The zero-order valence-electron chi connectivity index (χ0n) is 9.67. The van der Waals surface area contributed by atoms with Crippen LogP contribution in [0.5, 0.6) is 5.88 Å². The average Bonchev–Trinajstić information content (AvgIpc) is 2.38. The van der Waals surface area contributed by atoms with Crippen molar-refractivity contribution in [3.8, 4) is 5.88 Å². The smallest absolute Gasteiger partial charge is 0.237 e. The van der Waals surface area contributed by atoms with Gasteiger partial charge in [0.15, 0.2) is 0 Å². The molecule has 0 atom stereocenters. The van der Waals surface area contributed by atoms with E-state index < -0.39 is 0 Å². The number of nitrogen functional groups attached to an aromatic ring is 1. The van der Waals surface area contributed by atoms with Gasteiger partial charge < -0.3 is 10.5 Å². The maximum absolute atomic E-state index is 5.73. The number of rotatable bonds is 5. The van der Waals surface area contributed by atoms with Crippen LogP contribution in [-0.4, -0.2) is 11.6 Å². The van der Waals surface area contributed by atoms with Gasteiger partial charge in [0.05, 0.1) is 12.3 Å². The number of anilines is 1. The van der Waals surface area contributed by atoms with Gasteiger partial charge in [0.25, 0.3) is 0 Å². The van der Waals surface area contributed by atoms with Gasteiger partial charge in [-0.3, -0.25) is 0 Å². The monoisotopic (exact) mass is 228 g/mol. The summed E-state index contributed by atoms with van der Waals surface area (Å²) in [5.41, 5.74) is 7.64. The summed E-state index contributed by atoms with van der Waals surface area (Å²) in [6.45, 7) is 0.635. The number of aryl methyl sites for hydroxylation is 1. The summed E-state index contributed by atoms with van der Waals surface area (Å²) in [6, 6.07) is 13.9. The van der Waals surface area contributed by atoms with Gasteiger partial charge in [-0.2, -0.15) is 0 Å². The number of nitrogens with two attached hydrogens (primary N) is 1. The molecule has 3 heteroatoms. The molecule has 0 radical (unpaired) electrons. The fourth-order valence-corrected chi connectivity index (χ4v) is 1.61. The Labute approximate surface area is 101 Å². The van der Waals surface area contributed by atoms with Crippen LogP contribution < -0.4 is 10.5 Å². The van der Waals surface area contributed by atoms with Crippen LogP contribution >= 0.6 is 0 Å². The highest BCUT2D eigenvalue weighted by atomic mass is 16.5. The predicted octanol–water partition coefficient (Wildman–Crippen LogP) is 2.68.